The Bertz CT molecular complexity index is 4380. The van der Waals surface area contributed by atoms with E-state index in [0.717, 1.165) is 66.8 Å². The number of aromatic nitrogens is 1. The van der Waals surface area contributed by atoms with Crippen LogP contribution in [0.3, 0.4) is 0 Å². The Hall–Kier alpha value is -9.70. The highest BCUT2D eigenvalue weighted by Crippen LogP contribution is 2.57. The van der Waals surface area contributed by atoms with E-state index in [9.17, 15) is 0 Å². The molecule has 0 radical (unpaired) electrons. The first-order valence-corrected chi connectivity index (χ1v) is 25.5. The van der Waals surface area contributed by atoms with Gasteiger partial charge in [-0.2, -0.15) is 0 Å². The van der Waals surface area contributed by atoms with Gasteiger partial charge < -0.3 is 13.9 Å². The molecule has 0 saturated heterocycles. The van der Waals surface area contributed by atoms with Crippen LogP contribution < -0.4 is 4.90 Å². The van der Waals surface area contributed by atoms with Crippen molar-refractivity contribution in [2.75, 3.05) is 4.90 Å². The van der Waals surface area contributed by atoms with E-state index >= 15 is 0 Å². The number of fused-ring (bicyclic) bond motifs is 11. The molecule has 3 heteroatoms. The molecule has 3 nitrogen and oxygen atoms in total. The molecule has 2 aromatic heterocycles. The van der Waals surface area contributed by atoms with Crippen molar-refractivity contribution in [1.82, 2.24) is 4.57 Å². The van der Waals surface area contributed by atoms with Gasteiger partial charge in [0.25, 0.3) is 0 Å². The minimum Gasteiger partial charge on any atom is -0.455 e. The molecule has 74 heavy (non-hydrogen) atoms. The molecule has 1 aliphatic rings. The lowest BCUT2D eigenvalue weighted by Gasteiger charge is -2.35. The van der Waals surface area contributed by atoms with Crippen molar-refractivity contribution in [3.8, 4) is 39.1 Å². The molecule has 15 rings (SSSR count). The zero-order chi connectivity index (χ0) is 48.7. The Labute approximate surface area is 429 Å². The average Bonchev–Trinajstić information content (AvgIpc) is 4.16. The van der Waals surface area contributed by atoms with Gasteiger partial charge in [-0.15, -0.1) is 0 Å². The van der Waals surface area contributed by atoms with Crippen LogP contribution in [0.5, 0.6) is 0 Å². The number of nitrogens with zero attached hydrogens (tertiary/aromatic N) is 2. The molecule has 12 aromatic carbocycles. The topological polar surface area (TPSA) is 21.3 Å². The second-order valence-corrected chi connectivity index (χ2v) is 19.5. The van der Waals surface area contributed by atoms with Gasteiger partial charge >= 0.3 is 0 Å². The molecule has 0 bridgehead atoms. The fourth-order valence-corrected chi connectivity index (χ4v) is 12.4. The molecule has 14 aromatic rings. The molecular weight excluding hydrogens is 897 g/mol. The number of hydrogen-bond acceptors (Lipinski definition) is 2. The van der Waals surface area contributed by atoms with E-state index in [0.29, 0.717) is 0 Å². The smallest absolute Gasteiger partial charge is 0.143 e. The maximum Gasteiger partial charge on any atom is 0.143 e. The molecule has 0 spiro atoms. The Morgan fingerprint density at radius 2 is 0.851 bits per heavy atom. The summed E-state index contributed by atoms with van der Waals surface area (Å²) in [5, 5.41) is 7.07. The SMILES string of the molecule is c1ccc(C2(c3ccccc3)c3ccccc3-c3ccc(N(c4ccc(-c5ccc6c(c5)oc5c7ccccc7ccc65)cc4)c4ccc(-c5ccccc5-n5c6ccccc6c6ccccc65)cc4)cc32)cc1. The van der Waals surface area contributed by atoms with E-state index in [1.165, 1.54) is 66.1 Å². The van der Waals surface area contributed by atoms with Gasteiger partial charge in [-0.1, -0.05) is 206 Å². The summed E-state index contributed by atoms with van der Waals surface area (Å²) in [7, 11) is 0. The largest absolute Gasteiger partial charge is 0.455 e. The third-order valence-electron chi connectivity index (χ3n) is 15.7. The fraction of sp³-hybridized carbons (Fsp3) is 0.0141. The van der Waals surface area contributed by atoms with Crippen LogP contribution in [0, 0.1) is 0 Å². The highest BCUT2D eigenvalue weighted by atomic mass is 16.3. The number of para-hydroxylation sites is 3. The van der Waals surface area contributed by atoms with Crippen molar-refractivity contribution in [2.24, 2.45) is 0 Å². The Morgan fingerprint density at radius 3 is 1.55 bits per heavy atom. The molecule has 0 N–H and O–H groups in total. The molecule has 2 heterocycles. The Balaban J connectivity index is 0.888. The van der Waals surface area contributed by atoms with Crippen molar-refractivity contribution < 1.29 is 4.42 Å². The van der Waals surface area contributed by atoms with Gasteiger partial charge in [0.2, 0.25) is 0 Å². The lowest BCUT2D eigenvalue weighted by Crippen LogP contribution is -2.28. The second-order valence-electron chi connectivity index (χ2n) is 19.5. The predicted molar refractivity (Wildman–Crippen MR) is 308 cm³/mol. The van der Waals surface area contributed by atoms with Crippen LogP contribution in [0.25, 0.3) is 93.6 Å². The van der Waals surface area contributed by atoms with Crippen molar-refractivity contribution in [3.63, 3.8) is 0 Å². The van der Waals surface area contributed by atoms with E-state index in [-0.39, 0.29) is 0 Å². The third-order valence-corrected chi connectivity index (χ3v) is 15.7. The summed E-state index contributed by atoms with van der Waals surface area (Å²) in [6.07, 6.45) is 0. The molecule has 0 atom stereocenters. The van der Waals surface area contributed by atoms with Crippen LogP contribution in [0.2, 0.25) is 0 Å². The van der Waals surface area contributed by atoms with E-state index in [1.54, 1.807) is 0 Å². The zero-order valence-corrected chi connectivity index (χ0v) is 40.4. The number of benzene rings is 12. The van der Waals surface area contributed by atoms with Gasteiger partial charge in [-0.3, -0.25) is 0 Å². The maximum atomic E-state index is 6.64. The van der Waals surface area contributed by atoms with Crippen molar-refractivity contribution in [2.45, 2.75) is 5.41 Å². The van der Waals surface area contributed by atoms with Gasteiger partial charge in [0.15, 0.2) is 0 Å². The first kappa shape index (κ1) is 42.0. The molecule has 1 aliphatic carbocycles. The van der Waals surface area contributed by atoms with E-state index in [2.05, 4.69) is 289 Å². The van der Waals surface area contributed by atoms with Gasteiger partial charge in [0.05, 0.1) is 22.1 Å². The molecule has 0 amide bonds. The molecule has 0 fully saturated rings. The molecule has 346 valence electrons. The van der Waals surface area contributed by atoms with Crippen LogP contribution in [0.15, 0.2) is 283 Å². The summed E-state index contributed by atoms with van der Waals surface area (Å²) in [6, 6.07) is 102. The maximum absolute atomic E-state index is 6.64. The average molecular weight is 943 g/mol. The van der Waals surface area contributed by atoms with Crippen LogP contribution in [-0.2, 0) is 5.41 Å². The second kappa shape index (κ2) is 16.7. The Morgan fingerprint density at radius 1 is 0.324 bits per heavy atom. The number of hydrogen-bond donors (Lipinski definition) is 0. The first-order valence-electron chi connectivity index (χ1n) is 25.5. The summed E-state index contributed by atoms with van der Waals surface area (Å²) < 4.78 is 9.06. The summed E-state index contributed by atoms with van der Waals surface area (Å²) in [4.78, 5) is 2.42. The summed E-state index contributed by atoms with van der Waals surface area (Å²) in [6.45, 7) is 0. The minimum absolute atomic E-state index is 0.540. The minimum atomic E-state index is -0.540. The highest BCUT2D eigenvalue weighted by Gasteiger charge is 2.46. The van der Waals surface area contributed by atoms with Crippen LogP contribution in [0.4, 0.5) is 17.1 Å². The summed E-state index contributed by atoms with van der Waals surface area (Å²) in [5.41, 5.74) is 20.1. The monoisotopic (exact) mass is 942 g/mol. The number of anilines is 3. The fourth-order valence-electron chi connectivity index (χ4n) is 12.4. The summed E-state index contributed by atoms with van der Waals surface area (Å²) >= 11 is 0. The third kappa shape index (κ3) is 6.33. The zero-order valence-electron chi connectivity index (χ0n) is 40.4. The normalized spacial score (nSPS) is 12.7. The van der Waals surface area contributed by atoms with E-state index in [4.69, 9.17) is 4.42 Å². The van der Waals surface area contributed by atoms with Gasteiger partial charge in [-0.25, -0.2) is 0 Å². The van der Waals surface area contributed by atoms with Crippen LogP contribution in [-0.4, -0.2) is 4.57 Å². The first-order chi connectivity index (χ1) is 36.7. The summed E-state index contributed by atoms with van der Waals surface area (Å²) in [5.74, 6) is 0. The standard InChI is InChI=1S/C71H46N2O/c1-3-18-51(19-4-1)71(52-20-5-2-6-21-52)64-27-13-9-24-58(64)59-44-41-55(46-65(59)71)72(53-37-31-47(32-38-53)50-36-42-62-63-43-35-48-17-7-8-23-57(48)70(63)74-69(62)45-50)54-39-33-49(34-40-54)56-22-10-14-28-66(56)73-67-29-15-11-25-60(67)61-26-12-16-30-68(61)73/h1-46H. The lowest BCUT2D eigenvalue weighted by atomic mass is 9.67. The van der Waals surface area contributed by atoms with E-state index < -0.39 is 5.41 Å². The number of rotatable bonds is 8. The van der Waals surface area contributed by atoms with E-state index in [1.807, 2.05) is 0 Å². The van der Waals surface area contributed by atoms with Crippen molar-refractivity contribution in [3.05, 3.63) is 301 Å². The van der Waals surface area contributed by atoms with Gasteiger partial charge in [0, 0.05) is 49.6 Å². The molecular formula is C71H46N2O. The van der Waals surface area contributed by atoms with Crippen LogP contribution in [0.1, 0.15) is 22.3 Å². The predicted octanol–water partition coefficient (Wildman–Crippen LogP) is 19.0. The van der Waals surface area contributed by atoms with Gasteiger partial charge in [0.1, 0.15) is 11.2 Å². The number of furan rings is 1. The van der Waals surface area contributed by atoms with Crippen molar-refractivity contribution >= 4 is 71.6 Å². The molecule has 0 unspecified atom stereocenters. The highest BCUT2D eigenvalue weighted by molar-refractivity contribution is 6.15. The molecule has 0 aliphatic heterocycles. The molecule has 0 saturated carbocycles. The Kier molecular flexibility index (Phi) is 9.48. The van der Waals surface area contributed by atoms with Gasteiger partial charge in [-0.05, 0) is 128 Å². The van der Waals surface area contributed by atoms with Crippen LogP contribution >= 0.6 is 0 Å². The lowest BCUT2D eigenvalue weighted by molar-refractivity contribution is 0.673. The quantitative estimate of drug-likeness (QED) is 0.151. The van der Waals surface area contributed by atoms with Crippen molar-refractivity contribution in [1.29, 1.82) is 0 Å².